The largest absolute Gasteiger partial charge is 0.502 e. The zero-order valence-electron chi connectivity index (χ0n) is 8.17. The average molecular weight is 261 g/mol. The number of nitro groups is 2. The highest BCUT2D eigenvalue weighted by molar-refractivity contribution is 5.71. The highest BCUT2D eigenvalue weighted by Crippen LogP contribution is 2.48. The minimum Gasteiger partial charge on any atom is -0.502 e. The van der Waals surface area contributed by atoms with E-state index in [0.29, 0.717) is 6.07 Å². The molecule has 12 heteroatoms. The Morgan fingerprint density at radius 3 is 1.61 bits per heavy atom. The fourth-order valence-corrected chi connectivity index (χ4v) is 1.12. The molecule has 0 amide bonds. The van der Waals surface area contributed by atoms with Crippen molar-refractivity contribution < 1.29 is 30.0 Å². The number of hydrogen-bond acceptors (Lipinski definition) is 9. The molecule has 12 nitrogen and oxygen atoms in total. The maximum absolute atomic E-state index is 10.5. The van der Waals surface area contributed by atoms with Gasteiger partial charge < -0.3 is 10.2 Å². The average Bonchev–Trinajstić information content (AvgIpc) is 2.13. The van der Waals surface area contributed by atoms with Crippen LogP contribution < -0.4 is 4.84 Å². The lowest BCUT2D eigenvalue weighted by atomic mass is 10.2. The quantitative estimate of drug-likeness (QED) is 0.575. The monoisotopic (exact) mass is 261 g/mol. The second-order valence-corrected chi connectivity index (χ2v) is 2.77. The second kappa shape index (κ2) is 4.36. The molecule has 0 aliphatic carbocycles. The van der Waals surface area contributed by atoms with Crippen LogP contribution in [-0.4, -0.2) is 25.1 Å². The number of benzene rings is 1. The number of nitro benzene ring substituents is 2. The molecule has 1 aromatic rings. The van der Waals surface area contributed by atoms with Gasteiger partial charge in [-0.2, -0.15) is 0 Å². The predicted octanol–water partition coefficient (Wildman–Crippen LogP) is 0.485. The van der Waals surface area contributed by atoms with E-state index in [-0.39, 0.29) is 0 Å². The maximum atomic E-state index is 10.5. The maximum Gasteiger partial charge on any atom is 0.347 e. The molecule has 0 aliphatic heterocycles. The molecule has 1 rings (SSSR count). The molecular formula is C6H3N3O9. The molecule has 0 saturated carbocycles. The van der Waals surface area contributed by atoms with E-state index in [4.69, 9.17) is 10.2 Å². The van der Waals surface area contributed by atoms with Crippen LogP contribution in [-0.2, 0) is 0 Å². The number of phenolic OH excluding ortho intramolecular Hbond substituents is 2. The topological polar surface area (TPSA) is 179 Å². The first-order chi connectivity index (χ1) is 8.25. The van der Waals surface area contributed by atoms with E-state index in [0.717, 1.165) is 0 Å². The van der Waals surface area contributed by atoms with Crippen LogP contribution in [0.25, 0.3) is 0 Å². The summed E-state index contributed by atoms with van der Waals surface area (Å²) in [5.41, 5.74) is -2.78. The van der Waals surface area contributed by atoms with Gasteiger partial charge in [0.05, 0.1) is 9.85 Å². The zero-order chi connectivity index (χ0) is 14.0. The van der Waals surface area contributed by atoms with Gasteiger partial charge in [0.2, 0.25) is 11.5 Å². The first kappa shape index (κ1) is 12.9. The third kappa shape index (κ3) is 2.16. The Hall–Kier alpha value is -3.18. The summed E-state index contributed by atoms with van der Waals surface area (Å²) >= 11 is 0. The first-order valence-electron chi connectivity index (χ1n) is 3.95. The molecular weight excluding hydrogens is 258 g/mol. The lowest BCUT2D eigenvalue weighted by molar-refractivity contribution is -0.712. The lowest BCUT2D eigenvalue weighted by Gasteiger charge is -2.04. The third-order valence-electron chi connectivity index (χ3n) is 1.72. The highest BCUT2D eigenvalue weighted by atomic mass is 17.0. The lowest BCUT2D eigenvalue weighted by Crippen LogP contribution is -2.08. The zero-order valence-corrected chi connectivity index (χ0v) is 8.17. The summed E-state index contributed by atoms with van der Waals surface area (Å²) in [5, 5.41) is 47.9. The van der Waals surface area contributed by atoms with Crippen LogP contribution in [0.5, 0.6) is 17.2 Å². The van der Waals surface area contributed by atoms with Crippen LogP contribution >= 0.6 is 0 Å². The van der Waals surface area contributed by atoms with E-state index < -0.39 is 43.6 Å². The van der Waals surface area contributed by atoms with Crippen molar-refractivity contribution in [2.45, 2.75) is 0 Å². The second-order valence-electron chi connectivity index (χ2n) is 2.77. The molecule has 1 aromatic carbocycles. The molecule has 0 aliphatic rings. The van der Waals surface area contributed by atoms with E-state index in [9.17, 15) is 30.3 Å². The molecule has 0 heterocycles. The number of rotatable bonds is 4. The summed E-state index contributed by atoms with van der Waals surface area (Å²) in [6.45, 7) is 0. The molecule has 0 radical (unpaired) electrons. The minimum absolute atomic E-state index is 0.309. The molecule has 0 bridgehead atoms. The van der Waals surface area contributed by atoms with Crippen molar-refractivity contribution in [3.05, 3.63) is 36.4 Å². The van der Waals surface area contributed by atoms with Crippen molar-refractivity contribution in [1.82, 2.24) is 0 Å². The number of hydrogen-bond donors (Lipinski definition) is 2. The van der Waals surface area contributed by atoms with Crippen molar-refractivity contribution in [2.24, 2.45) is 0 Å². The van der Waals surface area contributed by atoms with Crippen LogP contribution in [0.1, 0.15) is 0 Å². The summed E-state index contributed by atoms with van der Waals surface area (Å²) in [5.74, 6) is -3.88. The Kier molecular flexibility index (Phi) is 3.12. The number of nitrogens with zero attached hydrogens (tertiary/aromatic N) is 3. The molecule has 18 heavy (non-hydrogen) atoms. The normalized spacial score (nSPS) is 9.78. The van der Waals surface area contributed by atoms with Gasteiger partial charge in [-0.25, -0.2) is 0 Å². The van der Waals surface area contributed by atoms with Crippen molar-refractivity contribution in [3.63, 3.8) is 0 Å². The Morgan fingerprint density at radius 1 is 0.944 bits per heavy atom. The fraction of sp³-hybridized carbons (Fsp3) is 0. The van der Waals surface area contributed by atoms with Gasteiger partial charge in [-0.3, -0.25) is 25.1 Å². The number of phenols is 2. The van der Waals surface area contributed by atoms with E-state index in [1.165, 1.54) is 0 Å². The molecule has 0 spiro atoms. The van der Waals surface area contributed by atoms with E-state index >= 15 is 0 Å². The Bertz CT molecular complexity index is 515. The summed E-state index contributed by atoms with van der Waals surface area (Å²) in [6.07, 6.45) is 0. The molecule has 0 unspecified atom stereocenters. The summed E-state index contributed by atoms with van der Waals surface area (Å²) in [6, 6.07) is 0.309. The van der Waals surface area contributed by atoms with Crippen molar-refractivity contribution >= 4 is 11.4 Å². The van der Waals surface area contributed by atoms with Gasteiger partial charge in [0, 0.05) is 6.07 Å². The van der Waals surface area contributed by atoms with Gasteiger partial charge in [0.25, 0.3) is 10.8 Å². The van der Waals surface area contributed by atoms with Gasteiger partial charge in [-0.1, -0.05) is 0 Å². The highest BCUT2D eigenvalue weighted by Gasteiger charge is 2.36. The van der Waals surface area contributed by atoms with E-state index in [2.05, 4.69) is 4.84 Å². The van der Waals surface area contributed by atoms with Crippen molar-refractivity contribution in [3.8, 4) is 17.2 Å². The standard InChI is InChI=1S/C6H3N3O9/c10-2-1-3(11)5(8(14)15)6(18-9(16)17)4(2)7(12)13/h1,10-11H. The van der Waals surface area contributed by atoms with Gasteiger partial charge in [-0.05, 0) is 0 Å². The van der Waals surface area contributed by atoms with Crippen molar-refractivity contribution in [1.29, 1.82) is 0 Å². The van der Waals surface area contributed by atoms with E-state index in [1.54, 1.807) is 0 Å². The predicted molar refractivity (Wildman–Crippen MR) is 50.7 cm³/mol. The van der Waals surface area contributed by atoms with Gasteiger partial charge >= 0.3 is 11.4 Å². The van der Waals surface area contributed by atoms with Crippen LogP contribution in [0.15, 0.2) is 6.07 Å². The molecule has 2 N–H and O–H groups in total. The van der Waals surface area contributed by atoms with Gasteiger partial charge in [0.1, 0.15) is 0 Å². The summed E-state index contributed by atoms with van der Waals surface area (Å²) in [4.78, 5) is 32.3. The van der Waals surface area contributed by atoms with Gasteiger partial charge in [0.15, 0.2) is 0 Å². The first-order valence-corrected chi connectivity index (χ1v) is 3.95. The van der Waals surface area contributed by atoms with Crippen molar-refractivity contribution in [2.75, 3.05) is 0 Å². The molecule has 0 atom stereocenters. The summed E-state index contributed by atoms with van der Waals surface area (Å²) in [7, 11) is 0. The van der Waals surface area contributed by atoms with Crippen LogP contribution in [0.4, 0.5) is 11.4 Å². The smallest absolute Gasteiger partial charge is 0.347 e. The van der Waals surface area contributed by atoms with Crippen LogP contribution in [0.3, 0.4) is 0 Å². The molecule has 0 fully saturated rings. The third-order valence-corrected chi connectivity index (χ3v) is 1.72. The fourth-order valence-electron chi connectivity index (χ4n) is 1.12. The van der Waals surface area contributed by atoms with E-state index in [1.807, 2.05) is 0 Å². The molecule has 0 aromatic heterocycles. The van der Waals surface area contributed by atoms with Gasteiger partial charge in [-0.15, -0.1) is 10.1 Å². The Labute approximate surface area is 96.0 Å². The van der Waals surface area contributed by atoms with Crippen LogP contribution in [0.2, 0.25) is 0 Å². The SMILES string of the molecule is O=[N+]([O-])Oc1c([N+](=O)[O-])c(O)cc(O)c1[N+](=O)[O-]. The molecule has 96 valence electrons. The minimum atomic E-state index is -1.55. The number of aromatic hydroxyl groups is 2. The Balaban J connectivity index is 3.70. The van der Waals surface area contributed by atoms with Crippen LogP contribution in [0, 0.1) is 30.3 Å². The summed E-state index contributed by atoms with van der Waals surface area (Å²) < 4.78 is 0. The molecule has 0 saturated heterocycles. The Morgan fingerprint density at radius 2 is 1.33 bits per heavy atom.